The number of carbonyl (C=O) groups is 4. The lowest BCUT2D eigenvalue weighted by Crippen LogP contribution is -2.67. The molecule has 0 aliphatic carbocycles. The van der Waals surface area contributed by atoms with Crippen LogP contribution in [0.25, 0.3) is 0 Å². The Balaban J connectivity index is 1.67. The molecule has 0 aromatic rings. The summed E-state index contributed by atoms with van der Waals surface area (Å²) >= 11 is 0. The Kier molecular flexibility index (Phi) is 26.6. The van der Waals surface area contributed by atoms with Crippen molar-refractivity contribution in [1.29, 1.82) is 0 Å². The topological polar surface area (TPSA) is 569 Å². The second-order valence-electron chi connectivity index (χ2n) is 19.2. The lowest BCUT2D eigenvalue weighted by atomic mass is 9.93. The molecule has 23 N–H and O–H groups in total. The van der Waals surface area contributed by atoms with Crippen molar-refractivity contribution in [2.24, 2.45) is 5.73 Å². The van der Waals surface area contributed by atoms with E-state index in [1.165, 1.54) is 6.92 Å². The number of aliphatic hydroxyl groups excluding tert-OH is 17. The van der Waals surface area contributed by atoms with E-state index < -0.39 is 246 Å². The first-order valence-electron chi connectivity index (χ1n) is 25.0. The van der Waals surface area contributed by atoms with E-state index in [4.69, 9.17) is 48.4 Å². The van der Waals surface area contributed by atoms with Gasteiger partial charge in [0.15, 0.2) is 37.7 Å². The van der Waals surface area contributed by atoms with Gasteiger partial charge < -0.3 is 156 Å². The van der Waals surface area contributed by atoms with Crippen LogP contribution < -0.4 is 27.0 Å². The van der Waals surface area contributed by atoms with Gasteiger partial charge in [-0.2, -0.15) is 0 Å². The lowest BCUT2D eigenvalue weighted by Gasteiger charge is -2.45. The molecule has 4 saturated heterocycles. The van der Waals surface area contributed by atoms with Gasteiger partial charge in [-0.1, -0.05) is 0 Å². The van der Waals surface area contributed by atoms with Crippen molar-refractivity contribution < 1.29 is 149 Å². The Morgan fingerprint density at radius 3 is 1.50 bits per heavy atom. The predicted molar refractivity (Wildman–Crippen MR) is 256 cm³/mol. The van der Waals surface area contributed by atoms with Gasteiger partial charge in [-0.05, 0) is 6.92 Å². The summed E-state index contributed by atoms with van der Waals surface area (Å²) in [6, 6.07) is -5.18. The fourth-order valence-corrected chi connectivity index (χ4v) is 8.92. The molecule has 0 aromatic heterocycles. The predicted octanol–water partition coefficient (Wildman–Crippen LogP) is -11.1. The Hall–Kier alpha value is -4.04. The molecule has 0 spiro atoms. The molecule has 0 aromatic carbocycles. The first-order valence-corrected chi connectivity index (χ1v) is 25.0. The molecule has 0 radical (unpaired) electrons. The van der Waals surface area contributed by atoms with Gasteiger partial charge >= 0.3 is 0 Å². The van der Waals surface area contributed by atoms with Crippen molar-refractivity contribution in [2.75, 3.05) is 33.0 Å². The van der Waals surface area contributed by atoms with Crippen molar-refractivity contribution in [1.82, 2.24) is 21.3 Å². The van der Waals surface area contributed by atoms with E-state index in [1.54, 1.807) is 0 Å². The third-order valence-corrected chi connectivity index (χ3v) is 13.0. The minimum absolute atomic E-state index is 0.542. The normalized spacial score (nSPS) is 37.4. The first-order chi connectivity index (χ1) is 37.5. The summed E-state index contributed by atoms with van der Waals surface area (Å²) in [4.78, 5) is 49.8. The number of ether oxygens (including phenoxy) is 9. The fourth-order valence-electron chi connectivity index (χ4n) is 8.92. The molecule has 35 nitrogen and oxygen atoms in total. The molecule has 0 bridgehead atoms. The van der Waals surface area contributed by atoms with Crippen LogP contribution in [0.1, 0.15) is 47.5 Å². The average Bonchev–Trinajstić information content (AvgIpc) is 3.41. The molecule has 35 heteroatoms. The van der Waals surface area contributed by atoms with Crippen LogP contribution in [0.4, 0.5) is 0 Å². The largest absolute Gasteiger partial charge is 0.507 e. The average molecular weight is 1170 g/mol. The Labute approximate surface area is 455 Å². The molecule has 4 fully saturated rings. The maximum Gasteiger partial charge on any atom is 0.221 e. The van der Waals surface area contributed by atoms with Crippen LogP contribution in [0, 0.1) is 0 Å². The summed E-state index contributed by atoms with van der Waals surface area (Å²) in [5.74, 6) is -6.04. The zero-order chi connectivity index (χ0) is 60.2. The highest BCUT2D eigenvalue weighted by Gasteiger charge is 2.53. The van der Waals surface area contributed by atoms with Gasteiger partial charge in [0.25, 0.3) is 0 Å². The molecule has 25 unspecified atom stereocenters. The highest BCUT2D eigenvalue weighted by molar-refractivity contribution is 5.76. The van der Waals surface area contributed by atoms with Crippen LogP contribution in [0.2, 0.25) is 0 Å². The number of hydrogen-bond acceptors (Lipinski definition) is 31. The van der Waals surface area contributed by atoms with Crippen LogP contribution >= 0.6 is 0 Å². The van der Waals surface area contributed by atoms with Gasteiger partial charge in [0.1, 0.15) is 127 Å². The van der Waals surface area contributed by atoms with E-state index in [2.05, 4.69) is 21.3 Å². The van der Waals surface area contributed by atoms with E-state index in [-0.39, 0.29) is 0 Å². The van der Waals surface area contributed by atoms with Crippen molar-refractivity contribution in [3.8, 4) is 0 Å². The summed E-state index contributed by atoms with van der Waals surface area (Å²) in [6.07, 6.45) is -43.2. The SMILES string of the molecule is CC(=O)N/C(=C(\O)C(CCO)OC1OC(CO)C(O)C(O)C1N)C(O)OC1C(CO)OC(OC(CCO)/C(O)=C(/NC(C)=O)C(O)OC2C(O)C(NC(C)=O)C(O)OC2C(O)COC2OC(C)C(O)C(O)C2O)C(NC(C)=O)C1O. The molecule has 25 atom stereocenters. The van der Waals surface area contributed by atoms with Crippen molar-refractivity contribution in [3.63, 3.8) is 0 Å². The minimum Gasteiger partial charge on any atom is -0.507 e. The molecule has 4 amide bonds. The van der Waals surface area contributed by atoms with Gasteiger partial charge in [-0.3, -0.25) is 19.2 Å². The Bertz CT molecular complexity index is 2080. The summed E-state index contributed by atoms with van der Waals surface area (Å²) in [5.41, 5.74) is 4.02. The molecule has 4 aliphatic rings. The standard InChI is InChI=1S/C45H77N5O30/c1-13-28(60)35(67)36(68)45(73-13)72-12-18(59)37-39(33(65)26(42(71)78-37)49-16(4)57)80-41(70)25(48-15(3)56)30(62)20(7-9-52)75-44-27(50-17(5)58)34(66)38(22(11-54)77-44)79-40(69)24(47-14(2)55)29(61)19(6-8-51)74-43-23(46)32(64)31(63)21(10-53)76-43/h13,18-23,26-28,31-45,51-54,59-71H,6-12,46H2,1-5H3,(H,47,55)(H,48,56)(H,49,57)(H,50,58)/b29-24-,30-25-. The van der Waals surface area contributed by atoms with E-state index in [1.807, 2.05) is 0 Å². The number of hydrogen-bond donors (Lipinski definition) is 22. The zero-order valence-electron chi connectivity index (χ0n) is 43.9. The highest BCUT2D eigenvalue weighted by atomic mass is 16.7. The summed E-state index contributed by atoms with van der Waals surface area (Å²) < 4.78 is 50.5. The number of aliphatic hydroxyl groups is 17. The Morgan fingerprint density at radius 1 is 0.537 bits per heavy atom. The maximum atomic E-state index is 12.6. The van der Waals surface area contributed by atoms with Crippen LogP contribution in [-0.2, 0) is 61.8 Å². The van der Waals surface area contributed by atoms with Crippen LogP contribution in [-0.4, -0.2) is 297 Å². The third-order valence-electron chi connectivity index (χ3n) is 13.0. The van der Waals surface area contributed by atoms with Gasteiger partial charge in [-0.15, -0.1) is 0 Å². The van der Waals surface area contributed by atoms with Crippen molar-refractivity contribution in [3.05, 3.63) is 22.9 Å². The number of nitrogens with two attached hydrogens (primary N) is 1. The third kappa shape index (κ3) is 17.3. The van der Waals surface area contributed by atoms with Crippen molar-refractivity contribution in [2.45, 2.75) is 201 Å². The number of nitrogens with one attached hydrogen (secondary N) is 4. The Morgan fingerprint density at radius 2 is 1.01 bits per heavy atom. The number of amides is 4. The van der Waals surface area contributed by atoms with Gasteiger partial charge in [0.05, 0.1) is 32.0 Å². The monoisotopic (exact) mass is 1170 g/mol. The summed E-state index contributed by atoms with van der Waals surface area (Å²) in [6.45, 7) is 0.569. The van der Waals surface area contributed by atoms with E-state index in [0.717, 1.165) is 27.7 Å². The second-order valence-corrected chi connectivity index (χ2v) is 19.2. The summed E-state index contributed by atoms with van der Waals surface area (Å²) in [7, 11) is 0. The fraction of sp³-hybridized carbons (Fsp3) is 0.822. The van der Waals surface area contributed by atoms with Crippen LogP contribution in [0.5, 0.6) is 0 Å². The quantitative estimate of drug-likeness (QED) is 0.0282. The molecule has 4 aliphatic heterocycles. The minimum atomic E-state index is -2.65. The number of rotatable bonds is 26. The van der Waals surface area contributed by atoms with Gasteiger partial charge in [-0.25, -0.2) is 0 Å². The molecule has 80 heavy (non-hydrogen) atoms. The molecular weight excluding hydrogens is 1090 g/mol. The van der Waals surface area contributed by atoms with Gasteiger partial charge in [0, 0.05) is 53.8 Å². The zero-order valence-corrected chi connectivity index (χ0v) is 43.9. The molecular formula is C45H77N5O30. The molecule has 0 saturated carbocycles. The van der Waals surface area contributed by atoms with Crippen LogP contribution in [0.3, 0.4) is 0 Å². The number of carbonyl (C=O) groups excluding carboxylic acids is 4. The first kappa shape index (κ1) is 68.5. The van der Waals surface area contributed by atoms with E-state index in [9.17, 15) is 106 Å². The molecule has 4 heterocycles. The van der Waals surface area contributed by atoms with Gasteiger partial charge in [0.2, 0.25) is 23.6 Å². The van der Waals surface area contributed by atoms with E-state index >= 15 is 0 Å². The lowest BCUT2D eigenvalue weighted by molar-refractivity contribution is -0.316. The summed E-state index contributed by atoms with van der Waals surface area (Å²) in [5, 5.41) is 192. The van der Waals surface area contributed by atoms with Crippen LogP contribution in [0.15, 0.2) is 22.9 Å². The van der Waals surface area contributed by atoms with Crippen molar-refractivity contribution >= 4 is 23.6 Å². The second kappa shape index (κ2) is 31.0. The molecule has 462 valence electrons. The van der Waals surface area contributed by atoms with E-state index in [0.29, 0.717) is 0 Å². The molecule has 4 rings (SSSR count). The highest BCUT2D eigenvalue weighted by Crippen LogP contribution is 2.33. The maximum absolute atomic E-state index is 12.6. The smallest absolute Gasteiger partial charge is 0.221 e.